The Hall–Kier alpha value is -1.13. The summed E-state index contributed by atoms with van der Waals surface area (Å²) in [6, 6.07) is 5.02. The summed E-state index contributed by atoms with van der Waals surface area (Å²) in [6.07, 6.45) is 1.88. The molecule has 0 spiro atoms. The Kier molecular flexibility index (Phi) is 3.46. The van der Waals surface area contributed by atoms with Crippen LogP contribution in [0, 0.1) is 17.7 Å². The van der Waals surface area contributed by atoms with Crippen LogP contribution in [0.5, 0.6) is 5.75 Å². The molecule has 2 aliphatic rings. The molecule has 4 heteroatoms. The quantitative estimate of drug-likeness (QED) is 0.907. The molecule has 1 heterocycles. The first-order chi connectivity index (χ1) is 9.17. The van der Waals surface area contributed by atoms with E-state index in [0.717, 1.165) is 25.9 Å². The van der Waals surface area contributed by atoms with Crippen molar-refractivity contribution in [3.8, 4) is 5.75 Å². The zero-order valence-electron chi connectivity index (χ0n) is 11.2. The first-order valence-electron chi connectivity index (χ1n) is 6.90. The molecule has 1 aromatic rings. The summed E-state index contributed by atoms with van der Waals surface area (Å²) in [5.41, 5.74) is 0.704. The summed E-state index contributed by atoms with van der Waals surface area (Å²) in [4.78, 5) is 2.25. The van der Waals surface area contributed by atoms with Crippen LogP contribution < -0.4 is 4.74 Å². The molecule has 0 aromatic heterocycles. The van der Waals surface area contributed by atoms with Gasteiger partial charge < -0.3 is 9.84 Å². The fourth-order valence-electron chi connectivity index (χ4n) is 3.48. The van der Waals surface area contributed by atoms with Crippen molar-refractivity contribution in [3.05, 3.63) is 29.6 Å². The molecule has 1 aromatic carbocycles. The Balaban J connectivity index is 1.66. The smallest absolute Gasteiger partial charge is 0.131 e. The zero-order chi connectivity index (χ0) is 13.4. The lowest BCUT2D eigenvalue weighted by atomic mass is 10.00. The highest BCUT2D eigenvalue weighted by Crippen LogP contribution is 2.38. The number of aliphatic hydroxyl groups is 1. The minimum atomic E-state index is -0.211. The summed E-state index contributed by atoms with van der Waals surface area (Å²) in [7, 11) is 1.54. The summed E-state index contributed by atoms with van der Waals surface area (Å²) in [6.45, 7) is 2.49. The second-order valence-corrected chi connectivity index (χ2v) is 5.72. The number of methoxy groups -OCH3 is 1. The average molecular weight is 265 g/mol. The largest absolute Gasteiger partial charge is 0.497 e. The van der Waals surface area contributed by atoms with E-state index in [2.05, 4.69) is 4.90 Å². The number of nitrogens with zero attached hydrogens (tertiary/aromatic N) is 1. The lowest BCUT2D eigenvalue weighted by Gasteiger charge is -2.18. The van der Waals surface area contributed by atoms with Crippen molar-refractivity contribution in [2.75, 3.05) is 20.2 Å². The molecular formula is C15H20FNO2. The molecule has 1 aliphatic carbocycles. The van der Waals surface area contributed by atoms with E-state index in [4.69, 9.17) is 4.74 Å². The summed E-state index contributed by atoms with van der Waals surface area (Å²) >= 11 is 0. The van der Waals surface area contributed by atoms with Gasteiger partial charge >= 0.3 is 0 Å². The van der Waals surface area contributed by atoms with Crippen LogP contribution in [0.1, 0.15) is 18.4 Å². The van der Waals surface area contributed by atoms with Gasteiger partial charge in [0.1, 0.15) is 11.6 Å². The highest BCUT2D eigenvalue weighted by atomic mass is 19.1. The number of hydrogen-bond donors (Lipinski definition) is 1. The van der Waals surface area contributed by atoms with Crippen molar-refractivity contribution in [1.82, 2.24) is 4.90 Å². The van der Waals surface area contributed by atoms with Gasteiger partial charge in [0.15, 0.2) is 0 Å². The maximum atomic E-state index is 13.9. The Labute approximate surface area is 113 Å². The van der Waals surface area contributed by atoms with Gasteiger partial charge in [-0.1, -0.05) is 6.07 Å². The lowest BCUT2D eigenvalue weighted by molar-refractivity contribution is 0.123. The third kappa shape index (κ3) is 2.47. The van der Waals surface area contributed by atoms with E-state index in [9.17, 15) is 9.50 Å². The minimum absolute atomic E-state index is 0.157. The molecule has 0 radical (unpaired) electrons. The maximum absolute atomic E-state index is 13.9. The van der Waals surface area contributed by atoms with Gasteiger partial charge in [-0.3, -0.25) is 4.90 Å². The first-order valence-corrected chi connectivity index (χ1v) is 6.90. The van der Waals surface area contributed by atoms with E-state index in [1.54, 1.807) is 12.1 Å². The molecule has 1 aliphatic heterocycles. The van der Waals surface area contributed by atoms with E-state index in [1.807, 2.05) is 0 Å². The van der Waals surface area contributed by atoms with Gasteiger partial charge in [0, 0.05) is 37.2 Å². The van der Waals surface area contributed by atoms with Crippen LogP contribution in [0.25, 0.3) is 0 Å². The molecule has 1 saturated heterocycles. The monoisotopic (exact) mass is 265 g/mol. The first kappa shape index (κ1) is 12.9. The minimum Gasteiger partial charge on any atom is -0.497 e. The molecule has 2 fully saturated rings. The molecule has 0 amide bonds. The number of likely N-dealkylation sites (tertiary alicyclic amines) is 1. The van der Waals surface area contributed by atoms with Crippen LogP contribution in [0.4, 0.5) is 4.39 Å². The molecule has 104 valence electrons. The average Bonchev–Trinajstić information content (AvgIpc) is 2.94. The van der Waals surface area contributed by atoms with Crippen LogP contribution in [0.2, 0.25) is 0 Å². The Morgan fingerprint density at radius 3 is 2.89 bits per heavy atom. The second kappa shape index (κ2) is 5.10. The SMILES string of the molecule is COc1ccc(CN2CC3CCC(O)C3C2)c(F)c1. The van der Waals surface area contributed by atoms with Gasteiger partial charge in [0.05, 0.1) is 13.2 Å². The standard InChI is InChI=1S/C15H20FNO2/c1-19-12-4-2-11(14(16)6-12)8-17-7-10-3-5-15(18)13(10)9-17/h2,4,6,10,13,15,18H,3,5,7-9H2,1H3. The van der Waals surface area contributed by atoms with Crippen molar-refractivity contribution < 1.29 is 14.2 Å². The van der Waals surface area contributed by atoms with Crippen molar-refractivity contribution in [2.24, 2.45) is 11.8 Å². The van der Waals surface area contributed by atoms with E-state index < -0.39 is 0 Å². The van der Waals surface area contributed by atoms with Gasteiger partial charge in [-0.25, -0.2) is 4.39 Å². The summed E-state index contributed by atoms with van der Waals surface area (Å²) < 4.78 is 18.9. The Morgan fingerprint density at radius 2 is 2.21 bits per heavy atom. The molecular weight excluding hydrogens is 245 g/mol. The third-order valence-electron chi connectivity index (χ3n) is 4.55. The molecule has 19 heavy (non-hydrogen) atoms. The van der Waals surface area contributed by atoms with E-state index >= 15 is 0 Å². The number of fused-ring (bicyclic) bond motifs is 1. The molecule has 0 bridgehead atoms. The van der Waals surface area contributed by atoms with Crippen LogP contribution in [-0.4, -0.2) is 36.3 Å². The van der Waals surface area contributed by atoms with Crippen LogP contribution in [0.3, 0.4) is 0 Å². The molecule has 1 saturated carbocycles. The molecule has 3 nitrogen and oxygen atoms in total. The normalized spacial score (nSPS) is 30.6. The van der Waals surface area contributed by atoms with Gasteiger partial charge in [-0.15, -0.1) is 0 Å². The number of halogens is 1. The van der Waals surface area contributed by atoms with Crippen molar-refractivity contribution in [3.63, 3.8) is 0 Å². The van der Waals surface area contributed by atoms with E-state index in [0.29, 0.717) is 29.7 Å². The van der Waals surface area contributed by atoms with Gasteiger partial charge in [-0.05, 0) is 24.8 Å². The molecule has 3 unspecified atom stereocenters. The highest BCUT2D eigenvalue weighted by molar-refractivity contribution is 5.29. The fraction of sp³-hybridized carbons (Fsp3) is 0.600. The Bertz CT molecular complexity index is 465. The molecule has 3 atom stereocenters. The third-order valence-corrected chi connectivity index (χ3v) is 4.55. The summed E-state index contributed by atoms with van der Waals surface area (Å²) in [5, 5.41) is 9.89. The zero-order valence-corrected chi connectivity index (χ0v) is 11.2. The van der Waals surface area contributed by atoms with E-state index in [-0.39, 0.29) is 11.9 Å². The van der Waals surface area contributed by atoms with Crippen molar-refractivity contribution >= 4 is 0 Å². The number of aliphatic hydroxyl groups excluding tert-OH is 1. The predicted octanol–water partition coefficient (Wildman–Crippen LogP) is 2.04. The number of hydrogen-bond acceptors (Lipinski definition) is 3. The van der Waals surface area contributed by atoms with Crippen molar-refractivity contribution in [2.45, 2.75) is 25.5 Å². The van der Waals surface area contributed by atoms with E-state index in [1.165, 1.54) is 13.2 Å². The lowest BCUT2D eigenvalue weighted by Crippen LogP contribution is -2.24. The topological polar surface area (TPSA) is 32.7 Å². The number of rotatable bonds is 3. The van der Waals surface area contributed by atoms with Gasteiger partial charge in [0.25, 0.3) is 0 Å². The molecule has 3 rings (SSSR count). The number of ether oxygens (including phenoxy) is 1. The molecule has 1 N–H and O–H groups in total. The fourth-order valence-corrected chi connectivity index (χ4v) is 3.48. The van der Waals surface area contributed by atoms with Gasteiger partial charge in [0.2, 0.25) is 0 Å². The van der Waals surface area contributed by atoms with Crippen molar-refractivity contribution in [1.29, 1.82) is 0 Å². The Morgan fingerprint density at radius 1 is 1.37 bits per heavy atom. The predicted molar refractivity (Wildman–Crippen MR) is 70.4 cm³/mol. The van der Waals surface area contributed by atoms with Crippen LogP contribution >= 0.6 is 0 Å². The summed E-state index contributed by atoms with van der Waals surface area (Å²) in [5.74, 6) is 1.32. The maximum Gasteiger partial charge on any atom is 0.131 e. The van der Waals surface area contributed by atoms with Gasteiger partial charge in [-0.2, -0.15) is 0 Å². The van der Waals surface area contributed by atoms with Crippen LogP contribution in [0.15, 0.2) is 18.2 Å². The second-order valence-electron chi connectivity index (χ2n) is 5.72. The van der Waals surface area contributed by atoms with Crippen LogP contribution in [-0.2, 0) is 6.54 Å². The number of benzene rings is 1. The highest BCUT2D eigenvalue weighted by Gasteiger charge is 2.41.